The first-order valence-corrected chi connectivity index (χ1v) is 10.0. The van der Waals surface area contributed by atoms with E-state index in [-0.39, 0.29) is 17.3 Å². The lowest BCUT2D eigenvalue weighted by Crippen LogP contribution is -2.31. The molecule has 0 radical (unpaired) electrons. The lowest BCUT2D eigenvalue weighted by Gasteiger charge is -2.15. The largest absolute Gasteiger partial charge is 0.452 e. The minimum Gasteiger partial charge on any atom is -0.452 e. The zero-order chi connectivity index (χ0) is 22.7. The summed E-state index contributed by atoms with van der Waals surface area (Å²) in [7, 11) is 0. The van der Waals surface area contributed by atoms with Crippen molar-refractivity contribution in [1.82, 2.24) is 5.32 Å². The van der Waals surface area contributed by atoms with Crippen molar-refractivity contribution >= 4 is 29.4 Å². The van der Waals surface area contributed by atoms with Gasteiger partial charge in [-0.2, -0.15) is 0 Å². The molecule has 0 unspecified atom stereocenters. The standard InChI is InChI=1S/C25H20N2O5/c1-16(17-8-3-2-4-9-17)26-22(28)15-32-25(31)18-10-7-11-19(14-18)27-23(29)20-12-5-6-13-21(20)24(27)30/h2-14,16H,15H2,1H3,(H,26,28)/t16-/m1/s1. The van der Waals surface area contributed by atoms with Gasteiger partial charge in [-0.1, -0.05) is 48.5 Å². The number of ether oxygens (including phenoxy) is 1. The molecule has 7 heteroatoms. The van der Waals surface area contributed by atoms with Gasteiger partial charge < -0.3 is 10.1 Å². The van der Waals surface area contributed by atoms with E-state index in [1.807, 2.05) is 37.3 Å². The number of amides is 3. The normalized spacial score (nSPS) is 13.5. The molecule has 0 bridgehead atoms. The monoisotopic (exact) mass is 428 g/mol. The van der Waals surface area contributed by atoms with Gasteiger partial charge >= 0.3 is 5.97 Å². The van der Waals surface area contributed by atoms with Gasteiger partial charge in [-0.15, -0.1) is 0 Å². The van der Waals surface area contributed by atoms with Crippen molar-refractivity contribution in [2.45, 2.75) is 13.0 Å². The van der Waals surface area contributed by atoms with Crippen molar-refractivity contribution in [3.05, 3.63) is 101 Å². The molecule has 1 atom stereocenters. The number of carbonyl (C=O) groups is 4. The highest BCUT2D eigenvalue weighted by Gasteiger charge is 2.36. The predicted octanol–water partition coefficient (Wildman–Crippen LogP) is 3.52. The molecule has 3 aromatic carbocycles. The highest BCUT2D eigenvalue weighted by molar-refractivity contribution is 6.34. The molecule has 0 fully saturated rings. The smallest absolute Gasteiger partial charge is 0.338 e. The molecule has 4 rings (SSSR count). The van der Waals surface area contributed by atoms with Gasteiger partial charge in [-0.3, -0.25) is 14.4 Å². The van der Waals surface area contributed by atoms with Crippen LogP contribution in [0.5, 0.6) is 0 Å². The van der Waals surface area contributed by atoms with Crippen molar-refractivity contribution in [3.63, 3.8) is 0 Å². The predicted molar refractivity (Wildman–Crippen MR) is 117 cm³/mol. The summed E-state index contributed by atoms with van der Waals surface area (Å²) >= 11 is 0. The van der Waals surface area contributed by atoms with Crippen molar-refractivity contribution in [2.75, 3.05) is 11.5 Å². The Kier molecular flexibility index (Phi) is 5.81. The number of hydrogen-bond acceptors (Lipinski definition) is 5. The van der Waals surface area contributed by atoms with Crippen LogP contribution < -0.4 is 10.2 Å². The second-order valence-electron chi connectivity index (χ2n) is 7.32. The maximum Gasteiger partial charge on any atom is 0.338 e. The fourth-order valence-corrected chi connectivity index (χ4v) is 3.52. The van der Waals surface area contributed by atoms with E-state index in [1.54, 1.807) is 36.4 Å². The third-order valence-electron chi connectivity index (χ3n) is 5.15. The Hall–Kier alpha value is -4.26. The Morgan fingerprint density at radius 3 is 2.16 bits per heavy atom. The number of anilines is 1. The molecule has 0 saturated carbocycles. The van der Waals surface area contributed by atoms with Crippen LogP contribution in [-0.2, 0) is 9.53 Å². The second kappa shape index (κ2) is 8.85. The van der Waals surface area contributed by atoms with Crippen molar-refractivity contribution in [2.24, 2.45) is 0 Å². The fourth-order valence-electron chi connectivity index (χ4n) is 3.52. The maximum atomic E-state index is 12.7. The highest BCUT2D eigenvalue weighted by atomic mass is 16.5. The van der Waals surface area contributed by atoms with Gasteiger partial charge in [-0.25, -0.2) is 9.69 Å². The molecule has 0 saturated heterocycles. The molecule has 3 amide bonds. The van der Waals surface area contributed by atoms with E-state index in [0.29, 0.717) is 11.1 Å². The minimum atomic E-state index is -0.731. The maximum absolute atomic E-state index is 12.7. The number of fused-ring (bicyclic) bond motifs is 1. The van der Waals surface area contributed by atoms with Crippen molar-refractivity contribution in [3.8, 4) is 0 Å². The van der Waals surface area contributed by atoms with E-state index >= 15 is 0 Å². The number of benzene rings is 3. The van der Waals surface area contributed by atoms with Gasteiger partial charge in [0, 0.05) is 0 Å². The number of imide groups is 1. The second-order valence-corrected chi connectivity index (χ2v) is 7.32. The topological polar surface area (TPSA) is 92.8 Å². The Morgan fingerprint density at radius 1 is 0.875 bits per heavy atom. The highest BCUT2D eigenvalue weighted by Crippen LogP contribution is 2.28. The molecule has 0 aromatic heterocycles. The lowest BCUT2D eigenvalue weighted by atomic mass is 10.1. The molecule has 1 heterocycles. The Labute approximate surface area is 184 Å². The average Bonchev–Trinajstić information content (AvgIpc) is 3.08. The number of hydrogen-bond donors (Lipinski definition) is 1. The first-order valence-electron chi connectivity index (χ1n) is 10.0. The summed E-state index contributed by atoms with van der Waals surface area (Å²) < 4.78 is 5.12. The Balaban J connectivity index is 1.40. The van der Waals surface area contributed by atoms with Crippen LogP contribution in [0.1, 0.15) is 49.6 Å². The van der Waals surface area contributed by atoms with Crippen LogP contribution in [0.4, 0.5) is 5.69 Å². The summed E-state index contributed by atoms with van der Waals surface area (Å²) in [4.78, 5) is 51.0. The van der Waals surface area contributed by atoms with Crippen LogP contribution in [0.25, 0.3) is 0 Å². The quantitative estimate of drug-likeness (QED) is 0.479. The molecule has 0 spiro atoms. The van der Waals surface area contributed by atoms with Gasteiger partial charge in [-0.05, 0) is 42.8 Å². The molecule has 1 aliphatic rings. The molecule has 1 N–H and O–H groups in total. The van der Waals surface area contributed by atoms with Crippen LogP contribution in [0, 0.1) is 0 Å². The van der Waals surface area contributed by atoms with E-state index < -0.39 is 30.3 Å². The lowest BCUT2D eigenvalue weighted by molar-refractivity contribution is -0.124. The third kappa shape index (κ3) is 4.13. The van der Waals surface area contributed by atoms with Gasteiger partial charge in [0.05, 0.1) is 28.4 Å². The van der Waals surface area contributed by atoms with E-state index in [9.17, 15) is 19.2 Å². The van der Waals surface area contributed by atoms with E-state index in [2.05, 4.69) is 5.32 Å². The number of carbonyl (C=O) groups excluding carboxylic acids is 4. The molecule has 0 aliphatic carbocycles. The van der Waals surface area contributed by atoms with Crippen LogP contribution in [0.3, 0.4) is 0 Å². The molecule has 1 aliphatic heterocycles. The average molecular weight is 428 g/mol. The van der Waals surface area contributed by atoms with Gasteiger partial charge in [0.15, 0.2) is 6.61 Å². The number of nitrogens with one attached hydrogen (secondary N) is 1. The fraction of sp³-hybridized carbons (Fsp3) is 0.120. The minimum absolute atomic E-state index is 0.128. The summed E-state index contributed by atoms with van der Waals surface area (Å²) in [6.07, 6.45) is 0. The van der Waals surface area contributed by atoms with Crippen LogP contribution in [-0.4, -0.2) is 30.3 Å². The molecule has 3 aromatic rings. The zero-order valence-electron chi connectivity index (χ0n) is 17.3. The number of rotatable bonds is 6. The van der Waals surface area contributed by atoms with Crippen molar-refractivity contribution in [1.29, 1.82) is 0 Å². The molecule has 160 valence electrons. The number of esters is 1. The SMILES string of the molecule is C[C@@H](NC(=O)COC(=O)c1cccc(N2C(=O)c3ccccc3C2=O)c1)c1ccccc1. The van der Waals surface area contributed by atoms with Crippen LogP contribution in [0.2, 0.25) is 0 Å². The van der Waals surface area contributed by atoms with Crippen LogP contribution >= 0.6 is 0 Å². The first-order chi connectivity index (χ1) is 15.5. The van der Waals surface area contributed by atoms with Crippen LogP contribution in [0.15, 0.2) is 78.9 Å². The summed E-state index contributed by atoms with van der Waals surface area (Å²) in [5, 5.41) is 2.77. The van der Waals surface area contributed by atoms with Gasteiger partial charge in [0.25, 0.3) is 17.7 Å². The Bertz CT molecular complexity index is 1170. The van der Waals surface area contributed by atoms with E-state index in [0.717, 1.165) is 10.5 Å². The summed E-state index contributed by atoms with van der Waals surface area (Å²) in [6.45, 7) is 1.38. The van der Waals surface area contributed by atoms with Crippen molar-refractivity contribution < 1.29 is 23.9 Å². The van der Waals surface area contributed by atoms with Gasteiger partial charge in [0.1, 0.15) is 0 Å². The molecule has 7 nitrogen and oxygen atoms in total. The third-order valence-corrected chi connectivity index (χ3v) is 5.15. The zero-order valence-corrected chi connectivity index (χ0v) is 17.3. The summed E-state index contributed by atoms with van der Waals surface area (Å²) in [5.41, 5.74) is 1.95. The van der Waals surface area contributed by atoms with E-state index in [4.69, 9.17) is 4.74 Å². The summed E-state index contributed by atoms with van der Waals surface area (Å²) in [6, 6.07) is 21.7. The first kappa shape index (κ1) is 21.0. The number of nitrogens with zero attached hydrogens (tertiary/aromatic N) is 1. The molecular formula is C25H20N2O5. The molecule has 32 heavy (non-hydrogen) atoms. The van der Waals surface area contributed by atoms with E-state index in [1.165, 1.54) is 12.1 Å². The van der Waals surface area contributed by atoms with Gasteiger partial charge in [0.2, 0.25) is 0 Å². The Morgan fingerprint density at radius 2 is 1.50 bits per heavy atom. The molecular weight excluding hydrogens is 408 g/mol. The summed E-state index contributed by atoms with van der Waals surface area (Å²) in [5.74, 6) is -2.08.